The van der Waals surface area contributed by atoms with Crippen LogP contribution in [-0.4, -0.2) is 31.2 Å². The Kier molecular flexibility index (Phi) is 5.93. The number of rotatable bonds is 6. The number of fused-ring (bicyclic) bond motifs is 1. The number of carbonyl (C=O) groups is 1. The van der Waals surface area contributed by atoms with Gasteiger partial charge in [0.15, 0.2) is 0 Å². The van der Waals surface area contributed by atoms with Crippen LogP contribution in [0.1, 0.15) is 18.4 Å². The van der Waals surface area contributed by atoms with E-state index >= 15 is 0 Å². The molecule has 0 saturated carbocycles. The summed E-state index contributed by atoms with van der Waals surface area (Å²) < 4.78 is 46.7. The van der Waals surface area contributed by atoms with Gasteiger partial charge in [0, 0.05) is 24.5 Å². The monoisotopic (exact) mass is 478 g/mol. The lowest BCUT2D eigenvalue weighted by Crippen LogP contribution is -2.45. The lowest BCUT2D eigenvalue weighted by atomic mass is 10.0. The van der Waals surface area contributed by atoms with E-state index in [0.29, 0.717) is 23.8 Å². The zero-order chi connectivity index (χ0) is 23.7. The fourth-order valence-electron chi connectivity index (χ4n) is 4.28. The summed E-state index contributed by atoms with van der Waals surface area (Å²) in [5.74, 6) is -0.640. The molecule has 0 unspecified atom stereocenters. The van der Waals surface area contributed by atoms with Crippen molar-refractivity contribution in [2.75, 3.05) is 6.54 Å². The lowest BCUT2D eigenvalue weighted by Gasteiger charge is -2.22. The number of amides is 1. The molecule has 1 atom stereocenters. The van der Waals surface area contributed by atoms with Crippen LogP contribution in [0.5, 0.6) is 0 Å². The zero-order valence-corrected chi connectivity index (χ0v) is 19.1. The minimum atomic E-state index is -3.94. The maximum absolute atomic E-state index is 13.5. The fourth-order valence-corrected chi connectivity index (χ4v) is 5.89. The van der Waals surface area contributed by atoms with Crippen molar-refractivity contribution in [3.05, 3.63) is 90.2 Å². The molecule has 1 saturated heterocycles. The third kappa shape index (κ3) is 4.34. The van der Waals surface area contributed by atoms with Crippen molar-refractivity contribution in [3.63, 3.8) is 0 Å². The number of hydrogen-bond acceptors (Lipinski definition) is 4. The van der Waals surface area contributed by atoms with Gasteiger partial charge in [-0.05, 0) is 47.7 Å². The summed E-state index contributed by atoms with van der Waals surface area (Å²) in [7, 11) is -3.94. The topological polar surface area (TPSA) is 79.6 Å². The molecule has 2 heterocycles. The Hall–Kier alpha value is -3.49. The minimum absolute atomic E-state index is 0.152. The maximum Gasteiger partial charge on any atom is 0.277 e. The summed E-state index contributed by atoms with van der Waals surface area (Å²) in [6, 6.07) is 21.6. The molecular weight excluding hydrogens is 455 g/mol. The van der Waals surface area contributed by atoms with E-state index < -0.39 is 16.1 Å². The molecule has 3 aromatic carbocycles. The van der Waals surface area contributed by atoms with Gasteiger partial charge in [-0.1, -0.05) is 54.6 Å². The Morgan fingerprint density at radius 1 is 1.00 bits per heavy atom. The molecule has 0 spiro atoms. The summed E-state index contributed by atoms with van der Waals surface area (Å²) in [4.78, 5) is 12.9. The van der Waals surface area contributed by atoms with Crippen molar-refractivity contribution in [2.24, 2.45) is 0 Å². The smallest absolute Gasteiger partial charge is 0.277 e. The number of furan rings is 1. The highest BCUT2D eigenvalue weighted by Gasteiger charge is 2.41. The molecule has 0 bridgehead atoms. The Morgan fingerprint density at radius 3 is 2.56 bits per heavy atom. The average Bonchev–Trinajstić information content (AvgIpc) is 3.51. The molecule has 1 N–H and O–H groups in total. The van der Waals surface area contributed by atoms with E-state index in [1.54, 1.807) is 24.3 Å². The molecule has 6 nitrogen and oxygen atoms in total. The Bertz CT molecular complexity index is 1410. The molecule has 1 aliphatic rings. The number of benzene rings is 3. The number of para-hydroxylation sites is 1. The van der Waals surface area contributed by atoms with E-state index in [1.807, 2.05) is 36.4 Å². The number of carbonyl (C=O) groups excluding carboxylic acids is 1. The first-order chi connectivity index (χ1) is 16.4. The zero-order valence-electron chi connectivity index (χ0n) is 18.3. The molecule has 0 aliphatic carbocycles. The normalized spacial score (nSPS) is 16.7. The standard InChI is InChI=1S/C26H23FN2O4S/c27-22-7-3-6-20(15-22)19-12-10-18(11-13-19)17-28-26(30)23-8-4-14-29(23)34(31,32)25-16-21-5-1-2-9-24(21)33-25/h1-3,5-7,9-13,15-16,23H,4,8,14,17H2,(H,28,30)/t23-/m0/s1. The SMILES string of the molecule is O=C(NCc1ccc(-c2cccc(F)c2)cc1)[C@@H]1CCCN1S(=O)(=O)c1cc2ccccc2o1. The molecule has 8 heteroatoms. The second kappa shape index (κ2) is 9.04. The second-order valence-corrected chi connectivity index (χ2v) is 10.1. The second-order valence-electron chi connectivity index (χ2n) is 8.30. The quantitative estimate of drug-likeness (QED) is 0.435. The molecule has 1 amide bonds. The molecule has 5 rings (SSSR count). The highest BCUT2D eigenvalue weighted by Crippen LogP contribution is 2.30. The summed E-state index contributed by atoms with van der Waals surface area (Å²) in [5, 5.41) is 3.40. The average molecular weight is 479 g/mol. The maximum atomic E-state index is 13.5. The summed E-state index contributed by atoms with van der Waals surface area (Å²) in [6.07, 6.45) is 1.05. The first-order valence-corrected chi connectivity index (χ1v) is 12.5. The van der Waals surface area contributed by atoms with E-state index in [-0.39, 0.29) is 29.9 Å². The number of hydrogen-bond donors (Lipinski definition) is 1. The molecule has 1 fully saturated rings. The van der Waals surface area contributed by atoms with Crippen LogP contribution in [0.15, 0.2) is 88.4 Å². The third-order valence-corrected chi connectivity index (χ3v) is 7.82. The van der Waals surface area contributed by atoms with E-state index in [1.165, 1.54) is 22.5 Å². The lowest BCUT2D eigenvalue weighted by molar-refractivity contribution is -0.124. The highest BCUT2D eigenvalue weighted by atomic mass is 32.2. The highest BCUT2D eigenvalue weighted by molar-refractivity contribution is 7.89. The van der Waals surface area contributed by atoms with Crippen molar-refractivity contribution in [2.45, 2.75) is 30.5 Å². The van der Waals surface area contributed by atoms with Crippen LogP contribution in [-0.2, 0) is 21.4 Å². The molecule has 4 aromatic rings. The molecule has 1 aliphatic heterocycles. The van der Waals surface area contributed by atoms with E-state index in [2.05, 4.69) is 5.32 Å². The number of nitrogens with one attached hydrogen (secondary N) is 1. The first-order valence-electron chi connectivity index (χ1n) is 11.0. The van der Waals surface area contributed by atoms with Crippen molar-refractivity contribution in [1.29, 1.82) is 0 Å². The van der Waals surface area contributed by atoms with Gasteiger partial charge < -0.3 is 9.73 Å². The summed E-state index contributed by atoms with van der Waals surface area (Å²) in [6.45, 7) is 0.525. The van der Waals surface area contributed by atoms with Crippen LogP contribution >= 0.6 is 0 Å². The van der Waals surface area contributed by atoms with Gasteiger partial charge in [-0.25, -0.2) is 12.8 Å². The van der Waals surface area contributed by atoms with Crippen molar-refractivity contribution in [3.8, 4) is 11.1 Å². The van der Waals surface area contributed by atoms with Crippen LogP contribution in [0.2, 0.25) is 0 Å². The van der Waals surface area contributed by atoms with E-state index in [0.717, 1.165) is 16.7 Å². The Balaban J connectivity index is 1.27. The van der Waals surface area contributed by atoms with Crippen molar-refractivity contribution < 1.29 is 22.0 Å². The van der Waals surface area contributed by atoms with E-state index in [4.69, 9.17) is 4.42 Å². The van der Waals surface area contributed by atoms with Gasteiger partial charge in [0.1, 0.15) is 17.4 Å². The number of halogens is 1. The predicted octanol–water partition coefficient (Wildman–Crippen LogP) is 4.71. The van der Waals surface area contributed by atoms with Crippen molar-refractivity contribution >= 4 is 26.9 Å². The molecular formula is C26H23FN2O4S. The molecule has 34 heavy (non-hydrogen) atoms. The summed E-state index contributed by atoms with van der Waals surface area (Å²) >= 11 is 0. The largest absolute Gasteiger partial charge is 0.443 e. The summed E-state index contributed by atoms with van der Waals surface area (Å²) in [5.41, 5.74) is 2.99. The van der Waals surface area contributed by atoms with Gasteiger partial charge in [-0.15, -0.1) is 0 Å². The molecule has 0 radical (unpaired) electrons. The van der Waals surface area contributed by atoms with Gasteiger partial charge in [-0.3, -0.25) is 4.79 Å². The van der Waals surface area contributed by atoms with Crippen LogP contribution in [0.3, 0.4) is 0 Å². The predicted molar refractivity (Wildman–Crippen MR) is 127 cm³/mol. The molecule has 1 aromatic heterocycles. The van der Waals surface area contributed by atoms with E-state index in [9.17, 15) is 17.6 Å². The Labute approximate surface area is 197 Å². The van der Waals surface area contributed by atoms with Crippen LogP contribution in [0.4, 0.5) is 4.39 Å². The third-order valence-electron chi connectivity index (χ3n) is 6.05. The number of nitrogens with zero attached hydrogens (tertiary/aromatic N) is 1. The van der Waals surface area contributed by atoms with Gasteiger partial charge in [-0.2, -0.15) is 4.31 Å². The van der Waals surface area contributed by atoms with Gasteiger partial charge >= 0.3 is 0 Å². The van der Waals surface area contributed by atoms with Crippen molar-refractivity contribution in [1.82, 2.24) is 9.62 Å². The van der Waals surface area contributed by atoms with Gasteiger partial charge in [0.25, 0.3) is 10.0 Å². The Morgan fingerprint density at radius 2 is 1.79 bits per heavy atom. The van der Waals surface area contributed by atoms with Crippen LogP contribution in [0.25, 0.3) is 22.1 Å². The van der Waals surface area contributed by atoms with Crippen LogP contribution < -0.4 is 5.32 Å². The first kappa shape index (κ1) is 22.3. The minimum Gasteiger partial charge on any atom is -0.443 e. The molecule has 174 valence electrons. The van der Waals surface area contributed by atoms with Gasteiger partial charge in [0.2, 0.25) is 11.0 Å². The fraction of sp³-hybridized carbons (Fsp3) is 0.192. The number of sulfonamides is 1. The van der Waals surface area contributed by atoms with Crippen LogP contribution in [0, 0.1) is 5.82 Å². The van der Waals surface area contributed by atoms with Gasteiger partial charge in [0.05, 0.1) is 0 Å².